The summed E-state index contributed by atoms with van der Waals surface area (Å²) in [5, 5.41) is 8.06. The van der Waals surface area contributed by atoms with Gasteiger partial charge < -0.3 is 15.5 Å². The Kier molecular flexibility index (Phi) is 8.64. The zero-order valence-corrected chi connectivity index (χ0v) is 17.0. The average Bonchev–Trinajstić information content (AvgIpc) is 3.12. The number of nitrogens with one attached hydrogen (secondary N) is 2. The topological polar surface area (TPSA) is 55.8 Å². The van der Waals surface area contributed by atoms with Crippen LogP contribution in [-0.2, 0) is 12.8 Å². The van der Waals surface area contributed by atoms with E-state index in [0.717, 1.165) is 51.5 Å². The van der Waals surface area contributed by atoms with E-state index in [1.807, 2.05) is 24.6 Å². The van der Waals surface area contributed by atoms with Crippen molar-refractivity contribution in [3.63, 3.8) is 0 Å². The van der Waals surface area contributed by atoms with Crippen LogP contribution < -0.4 is 10.6 Å². The number of hydrogen-bond acceptors (Lipinski definition) is 5. The number of hydrogen-bond donors (Lipinski definition) is 2. The molecule has 1 aliphatic heterocycles. The number of aliphatic imine (C=N–C) groups is 1. The van der Waals surface area contributed by atoms with E-state index < -0.39 is 0 Å². The van der Waals surface area contributed by atoms with Gasteiger partial charge in [0.25, 0.3) is 0 Å². The lowest BCUT2D eigenvalue weighted by molar-refractivity contribution is 0.107. The normalized spacial score (nSPS) is 18.3. The van der Waals surface area contributed by atoms with Gasteiger partial charge in [0.15, 0.2) is 5.96 Å². The Bertz CT molecular complexity index is 521. The molecule has 1 aromatic heterocycles. The number of nitrogens with zero attached hydrogens (tertiary/aromatic N) is 4. The standard InChI is InChI=1S/C18H34N6S/c1-5-16-14-21-17(25-16)7-8-20-18(19-4)22-13-15(3)24-11-9-23(6-2)10-12-24/h14-15H,5-13H2,1-4H3,(H2,19,20,22). The van der Waals surface area contributed by atoms with Crippen LogP contribution >= 0.6 is 11.3 Å². The average molecular weight is 367 g/mol. The van der Waals surface area contributed by atoms with Gasteiger partial charge in [0.2, 0.25) is 0 Å². The van der Waals surface area contributed by atoms with Gasteiger partial charge in [-0.05, 0) is 19.9 Å². The van der Waals surface area contributed by atoms with Gasteiger partial charge in [0.1, 0.15) is 0 Å². The summed E-state index contributed by atoms with van der Waals surface area (Å²) in [6, 6.07) is 0.517. The molecule has 6 nitrogen and oxygen atoms in total. The molecule has 0 amide bonds. The maximum atomic E-state index is 4.47. The van der Waals surface area contributed by atoms with Crippen LogP contribution in [0.3, 0.4) is 0 Å². The fraction of sp³-hybridized carbons (Fsp3) is 0.778. The van der Waals surface area contributed by atoms with E-state index in [2.05, 4.69) is 51.2 Å². The molecule has 1 fully saturated rings. The van der Waals surface area contributed by atoms with Crippen LogP contribution in [0.2, 0.25) is 0 Å². The Balaban J connectivity index is 1.65. The summed E-state index contributed by atoms with van der Waals surface area (Å²) in [5.74, 6) is 0.881. The van der Waals surface area contributed by atoms with Gasteiger partial charge >= 0.3 is 0 Å². The smallest absolute Gasteiger partial charge is 0.191 e. The molecule has 1 aromatic rings. The highest BCUT2D eigenvalue weighted by Crippen LogP contribution is 2.13. The van der Waals surface area contributed by atoms with Crippen molar-refractivity contribution in [3.8, 4) is 0 Å². The molecule has 0 spiro atoms. The van der Waals surface area contributed by atoms with Gasteiger partial charge in [-0.3, -0.25) is 9.89 Å². The van der Waals surface area contributed by atoms with E-state index in [0.29, 0.717) is 6.04 Å². The third-order valence-corrected chi connectivity index (χ3v) is 6.05. The zero-order chi connectivity index (χ0) is 18.1. The highest BCUT2D eigenvalue weighted by atomic mass is 32.1. The summed E-state index contributed by atoms with van der Waals surface area (Å²) in [6.45, 7) is 14.3. The first-order valence-corrected chi connectivity index (χ1v) is 10.3. The van der Waals surface area contributed by atoms with Crippen molar-refractivity contribution in [3.05, 3.63) is 16.1 Å². The van der Waals surface area contributed by atoms with E-state index in [4.69, 9.17) is 0 Å². The maximum absolute atomic E-state index is 4.47. The number of guanidine groups is 1. The first-order chi connectivity index (χ1) is 12.2. The van der Waals surface area contributed by atoms with Gasteiger partial charge in [-0.25, -0.2) is 4.98 Å². The zero-order valence-electron chi connectivity index (χ0n) is 16.2. The molecule has 1 saturated heterocycles. The van der Waals surface area contributed by atoms with E-state index >= 15 is 0 Å². The van der Waals surface area contributed by atoms with Gasteiger partial charge in [-0.2, -0.15) is 0 Å². The van der Waals surface area contributed by atoms with Crippen molar-refractivity contribution in [2.24, 2.45) is 4.99 Å². The second-order valence-corrected chi connectivity index (χ2v) is 7.72. The second kappa shape index (κ2) is 10.7. The molecule has 1 unspecified atom stereocenters. The van der Waals surface area contributed by atoms with Gasteiger partial charge in [-0.15, -0.1) is 11.3 Å². The fourth-order valence-corrected chi connectivity index (χ4v) is 3.89. The largest absolute Gasteiger partial charge is 0.356 e. The van der Waals surface area contributed by atoms with E-state index in [9.17, 15) is 0 Å². The number of aromatic nitrogens is 1. The quantitative estimate of drug-likeness (QED) is 0.539. The molecule has 25 heavy (non-hydrogen) atoms. The third-order valence-electron chi connectivity index (χ3n) is 4.85. The van der Waals surface area contributed by atoms with Crippen molar-refractivity contribution in [1.82, 2.24) is 25.4 Å². The maximum Gasteiger partial charge on any atom is 0.191 e. The molecule has 2 rings (SSSR count). The SMILES string of the molecule is CCc1cnc(CCNC(=NC)NCC(C)N2CCN(CC)CC2)s1. The summed E-state index contributed by atoms with van der Waals surface area (Å²) in [7, 11) is 1.83. The van der Waals surface area contributed by atoms with Crippen LogP contribution in [0.15, 0.2) is 11.2 Å². The number of thiazole rings is 1. The molecule has 0 radical (unpaired) electrons. The molecule has 7 heteroatoms. The van der Waals surface area contributed by atoms with Crippen molar-refractivity contribution < 1.29 is 0 Å². The molecule has 2 heterocycles. The van der Waals surface area contributed by atoms with Crippen molar-refractivity contribution in [2.45, 2.75) is 39.7 Å². The van der Waals surface area contributed by atoms with E-state index in [-0.39, 0.29) is 0 Å². The Morgan fingerprint density at radius 1 is 1.28 bits per heavy atom. The van der Waals surface area contributed by atoms with Crippen molar-refractivity contribution in [1.29, 1.82) is 0 Å². The Morgan fingerprint density at radius 2 is 2.04 bits per heavy atom. The summed E-state index contributed by atoms with van der Waals surface area (Å²) in [6.07, 6.45) is 4.01. The summed E-state index contributed by atoms with van der Waals surface area (Å²) in [4.78, 5) is 15.2. The minimum absolute atomic E-state index is 0.517. The first-order valence-electron chi connectivity index (χ1n) is 9.50. The molecular weight excluding hydrogens is 332 g/mol. The van der Waals surface area contributed by atoms with E-state index in [1.54, 1.807) is 0 Å². The Hall–Kier alpha value is -1.18. The lowest BCUT2D eigenvalue weighted by Gasteiger charge is -2.37. The Morgan fingerprint density at radius 3 is 2.64 bits per heavy atom. The van der Waals surface area contributed by atoms with E-state index in [1.165, 1.54) is 23.0 Å². The predicted octanol–water partition coefficient (Wildman–Crippen LogP) is 1.44. The van der Waals surface area contributed by atoms with Crippen LogP contribution in [0.1, 0.15) is 30.7 Å². The number of piperazine rings is 1. The lowest BCUT2D eigenvalue weighted by atomic mass is 10.2. The number of likely N-dealkylation sites (N-methyl/N-ethyl adjacent to an activating group) is 1. The lowest BCUT2D eigenvalue weighted by Crippen LogP contribution is -2.53. The summed E-state index contributed by atoms with van der Waals surface area (Å²) >= 11 is 1.81. The van der Waals surface area contributed by atoms with Crippen molar-refractivity contribution in [2.75, 3.05) is 52.9 Å². The molecule has 2 N–H and O–H groups in total. The molecule has 142 valence electrons. The van der Waals surface area contributed by atoms with Crippen LogP contribution in [0, 0.1) is 0 Å². The van der Waals surface area contributed by atoms with Crippen LogP contribution in [0.4, 0.5) is 0 Å². The second-order valence-electron chi connectivity index (χ2n) is 6.52. The molecule has 0 aliphatic carbocycles. The molecule has 0 bridgehead atoms. The fourth-order valence-electron chi connectivity index (χ4n) is 3.03. The van der Waals surface area contributed by atoms with Crippen LogP contribution in [-0.4, -0.2) is 79.6 Å². The van der Waals surface area contributed by atoms with Gasteiger partial charge in [0.05, 0.1) is 5.01 Å². The summed E-state index contributed by atoms with van der Waals surface area (Å²) in [5.41, 5.74) is 0. The minimum atomic E-state index is 0.517. The third kappa shape index (κ3) is 6.56. The molecule has 0 aromatic carbocycles. The Labute approximate surface area is 156 Å². The molecule has 0 saturated carbocycles. The highest BCUT2D eigenvalue weighted by Gasteiger charge is 2.20. The number of aryl methyl sites for hydroxylation is 1. The van der Waals surface area contributed by atoms with Crippen LogP contribution in [0.25, 0.3) is 0 Å². The monoisotopic (exact) mass is 366 g/mol. The molecule has 1 aliphatic rings. The minimum Gasteiger partial charge on any atom is -0.356 e. The molecular formula is C18H34N6S. The van der Waals surface area contributed by atoms with Crippen LogP contribution in [0.5, 0.6) is 0 Å². The highest BCUT2D eigenvalue weighted by molar-refractivity contribution is 7.11. The summed E-state index contributed by atoms with van der Waals surface area (Å²) < 4.78 is 0. The number of rotatable bonds is 8. The van der Waals surface area contributed by atoms with Gasteiger partial charge in [-0.1, -0.05) is 13.8 Å². The first kappa shape index (κ1) is 20.1. The van der Waals surface area contributed by atoms with Crippen molar-refractivity contribution >= 4 is 17.3 Å². The predicted molar refractivity (Wildman–Crippen MR) is 108 cm³/mol. The molecule has 1 atom stereocenters. The van der Waals surface area contributed by atoms with Gasteiger partial charge in [0, 0.05) is 69.9 Å².